The number of rotatable bonds is 5. The van der Waals surface area contributed by atoms with Gasteiger partial charge in [-0.3, -0.25) is 4.79 Å². The van der Waals surface area contributed by atoms with Gasteiger partial charge in [0.05, 0.1) is 25.4 Å². The second-order valence-corrected chi connectivity index (χ2v) is 6.34. The molecule has 0 bridgehead atoms. The highest BCUT2D eigenvalue weighted by atomic mass is 19.1. The Hall–Kier alpha value is -1.66. The van der Waals surface area contributed by atoms with Crippen molar-refractivity contribution in [2.75, 3.05) is 33.5 Å². The number of carbonyl (C=O) groups excluding carboxylic acids is 1. The van der Waals surface area contributed by atoms with Crippen molar-refractivity contribution < 1.29 is 23.4 Å². The Morgan fingerprint density at radius 2 is 2.12 bits per heavy atom. The normalized spacial score (nSPS) is 27.2. The Kier molecular flexibility index (Phi) is 5.68. The Labute approximate surface area is 141 Å². The highest BCUT2D eigenvalue weighted by Crippen LogP contribution is 2.34. The molecule has 2 aliphatic rings. The summed E-state index contributed by atoms with van der Waals surface area (Å²) < 4.78 is 29.6. The van der Waals surface area contributed by atoms with Crippen molar-refractivity contribution >= 4 is 5.91 Å². The molecule has 24 heavy (non-hydrogen) atoms. The average molecular weight is 337 g/mol. The number of amides is 1. The molecule has 0 N–H and O–H groups in total. The molecule has 5 nitrogen and oxygen atoms in total. The van der Waals surface area contributed by atoms with Gasteiger partial charge in [0, 0.05) is 19.6 Å². The lowest BCUT2D eigenvalue weighted by Crippen LogP contribution is -2.54. The number of nitrogens with zero attached hydrogens (tertiary/aromatic N) is 1. The first-order valence-electron chi connectivity index (χ1n) is 8.47. The third-order valence-corrected chi connectivity index (χ3v) is 4.96. The molecule has 3 rings (SSSR count). The molecule has 1 aliphatic carbocycles. The van der Waals surface area contributed by atoms with Crippen LogP contribution in [0.25, 0.3) is 0 Å². The van der Waals surface area contributed by atoms with Gasteiger partial charge in [0.1, 0.15) is 11.6 Å². The van der Waals surface area contributed by atoms with Gasteiger partial charge in [-0.15, -0.1) is 0 Å². The minimum absolute atomic E-state index is 0.0375. The van der Waals surface area contributed by atoms with E-state index in [-0.39, 0.29) is 30.5 Å². The van der Waals surface area contributed by atoms with Crippen molar-refractivity contribution in [3.8, 4) is 5.75 Å². The lowest BCUT2D eigenvalue weighted by molar-refractivity contribution is -0.146. The molecular formula is C18H24FNO4. The molecule has 1 aliphatic heterocycles. The summed E-state index contributed by atoms with van der Waals surface area (Å²) >= 11 is 0. The van der Waals surface area contributed by atoms with Crippen LogP contribution < -0.4 is 4.74 Å². The van der Waals surface area contributed by atoms with Gasteiger partial charge in [0.2, 0.25) is 0 Å². The van der Waals surface area contributed by atoms with Crippen LogP contribution in [0.1, 0.15) is 19.3 Å². The van der Waals surface area contributed by atoms with Gasteiger partial charge in [-0.2, -0.15) is 0 Å². The molecule has 3 atom stereocenters. The second kappa shape index (κ2) is 7.94. The molecule has 0 spiro atoms. The molecule has 2 fully saturated rings. The van der Waals surface area contributed by atoms with Crippen molar-refractivity contribution in [3.05, 3.63) is 30.1 Å². The monoisotopic (exact) mass is 337 g/mol. The van der Waals surface area contributed by atoms with Gasteiger partial charge < -0.3 is 19.1 Å². The topological polar surface area (TPSA) is 48.0 Å². The fourth-order valence-corrected chi connectivity index (χ4v) is 3.73. The van der Waals surface area contributed by atoms with E-state index in [0.29, 0.717) is 31.4 Å². The number of hydrogen-bond acceptors (Lipinski definition) is 4. The predicted octanol–water partition coefficient (Wildman–Crippen LogP) is 2.25. The van der Waals surface area contributed by atoms with Gasteiger partial charge >= 0.3 is 0 Å². The van der Waals surface area contributed by atoms with Gasteiger partial charge in [-0.1, -0.05) is 6.42 Å². The number of carbonyl (C=O) groups is 1. The fourth-order valence-electron chi connectivity index (χ4n) is 3.73. The zero-order valence-corrected chi connectivity index (χ0v) is 13.9. The van der Waals surface area contributed by atoms with Crippen molar-refractivity contribution in [1.29, 1.82) is 0 Å². The van der Waals surface area contributed by atoms with Crippen LogP contribution in [0.2, 0.25) is 0 Å². The predicted molar refractivity (Wildman–Crippen MR) is 86.4 cm³/mol. The summed E-state index contributed by atoms with van der Waals surface area (Å²) in [5.74, 6) is 0.415. The first-order valence-corrected chi connectivity index (χ1v) is 8.47. The van der Waals surface area contributed by atoms with Gasteiger partial charge in [-0.25, -0.2) is 4.39 Å². The minimum Gasteiger partial charge on any atom is -0.484 e. The molecule has 1 aromatic carbocycles. The lowest BCUT2D eigenvalue weighted by atomic mass is 9.94. The Bertz CT molecular complexity index is 550. The minimum atomic E-state index is -0.325. The number of morpholine rings is 1. The molecule has 1 aromatic rings. The van der Waals surface area contributed by atoms with E-state index in [2.05, 4.69) is 0 Å². The standard InChI is InChI=1S/C18H24FNO4/c1-22-17-4-2-3-15(17)16-11-23-10-9-20(16)18(21)12-24-14-7-5-13(19)6-8-14/h5-8,15-17H,2-4,9-12H2,1H3/t15-,16-,17+/m0/s1. The molecule has 0 aromatic heterocycles. The summed E-state index contributed by atoms with van der Waals surface area (Å²) in [5.41, 5.74) is 0. The van der Waals surface area contributed by atoms with Crippen molar-refractivity contribution in [2.24, 2.45) is 5.92 Å². The summed E-state index contributed by atoms with van der Waals surface area (Å²) in [6, 6.07) is 5.72. The first kappa shape index (κ1) is 17.2. The first-order chi connectivity index (χ1) is 11.7. The summed E-state index contributed by atoms with van der Waals surface area (Å²) in [7, 11) is 1.73. The van der Waals surface area contributed by atoms with E-state index >= 15 is 0 Å². The van der Waals surface area contributed by atoms with Crippen LogP contribution in [-0.4, -0.2) is 56.4 Å². The smallest absolute Gasteiger partial charge is 0.260 e. The quantitative estimate of drug-likeness (QED) is 0.827. The second-order valence-electron chi connectivity index (χ2n) is 6.34. The third-order valence-electron chi connectivity index (χ3n) is 4.96. The Morgan fingerprint density at radius 1 is 1.33 bits per heavy atom. The molecule has 1 amide bonds. The largest absolute Gasteiger partial charge is 0.484 e. The van der Waals surface area contributed by atoms with Gasteiger partial charge in [0.25, 0.3) is 5.91 Å². The maximum Gasteiger partial charge on any atom is 0.260 e. The average Bonchev–Trinajstić information content (AvgIpc) is 3.09. The van der Waals surface area contributed by atoms with E-state index in [1.54, 1.807) is 7.11 Å². The summed E-state index contributed by atoms with van der Waals surface area (Å²) in [5, 5.41) is 0. The van der Waals surface area contributed by atoms with E-state index in [1.807, 2.05) is 4.90 Å². The fraction of sp³-hybridized carbons (Fsp3) is 0.611. The Morgan fingerprint density at radius 3 is 2.88 bits per heavy atom. The van der Waals surface area contributed by atoms with Crippen LogP contribution in [0.4, 0.5) is 4.39 Å². The number of ether oxygens (including phenoxy) is 3. The molecule has 0 radical (unpaired) electrons. The number of hydrogen-bond donors (Lipinski definition) is 0. The zero-order valence-electron chi connectivity index (χ0n) is 13.9. The van der Waals surface area contributed by atoms with E-state index in [9.17, 15) is 9.18 Å². The highest BCUT2D eigenvalue weighted by molar-refractivity contribution is 5.78. The van der Waals surface area contributed by atoms with Crippen molar-refractivity contribution in [3.63, 3.8) is 0 Å². The van der Waals surface area contributed by atoms with E-state index in [4.69, 9.17) is 14.2 Å². The van der Waals surface area contributed by atoms with Gasteiger partial charge in [-0.05, 0) is 37.1 Å². The molecule has 6 heteroatoms. The van der Waals surface area contributed by atoms with Crippen molar-refractivity contribution in [2.45, 2.75) is 31.4 Å². The van der Waals surface area contributed by atoms with Crippen molar-refractivity contribution in [1.82, 2.24) is 4.90 Å². The summed E-state index contributed by atoms with van der Waals surface area (Å²) in [6.45, 7) is 1.62. The van der Waals surface area contributed by atoms with Crippen LogP contribution in [-0.2, 0) is 14.3 Å². The van der Waals surface area contributed by atoms with Crippen LogP contribution in [0.5, 0.6) is 5.75 Å². The molecule has 1 saturated carbocycles. The van der Waals surface area contributed by atoms with Gasteiger partial charge in [0.15, 0.2) is 6.61 Å². The lowest BCUT2D eigenvalue weighted by Gasteiger charge is -2.40. The maximum absolute atomic E-state index is 12.9. The van der Waals surface area contributed by atoms with E-state index in [0.717, 1.165) is 19.3 Å². The number of benzene rings is 1. The zero-order chi connectivity index (χ0) is 16.9. The van der Waals surface area contributed by atoms with E-state index in [1.165, 1.54) is 24.3 Å². The van der Waals surface area contributed by atoms with Crippen LogP contribution in [0.3, 0.4) is 0 Å². The highest BCUT2D eigenvalue weighted by Gasteiger charge is 2.40. The maximum atomic E-state index is 12.9. The molecular weight excluding hydrogens is 313 g/mol. The molecule has 1 saturated heterocycles. The molecule has 1 heterocycles. The molecule has 0 unspecified atom stereocenters. The molecule has 132 valence electrons. The third kappa shape index (κ3) is 3.87. The van der Waals surface area contributed by atoms with Crippen LogP contribution >= 0.6 is 0 Å². The number of halogens is 1. The SMILES string of the molecule is CO[C@@H]1CCC[C@H]1[C@@H]1COCCN1C(=O)COc1ccc(F)cc1. The van der Waals surface area contributed by atoms with Crippen LogP contribution in [0.15, 0.2) is 24.3 Å². The summed E-state index contributed by atoms with van der Waals surface area (Å²) in [4.78, 5) is 14.5. The Balaban J connectivity index is 1.61. The number of methoxy groups -OCH3 is 1. The summed E-state index contributed by atoms with van der Waals surface area (Å²) in [6.07, 6.45) is 3.39. The van der Waals surface area contributed by atoms with E-state index < -0.39 is 0 Å². The van der Waals surface area contributed by atoms with Crippen LogP contribution in [0, 0.1) is 11.7 Å².